The van der Waals surface area contributed by atoms with Gasteiger partial charge in [-0.15, -0.1) is 0 Å². The lowest BCUT2D eigenvalue weighted by Crippen LogP contribution is -2.47. The summed E-state index contributed by atoms with van der Waals surface area (Å²) in [6, 6.07) is 6.70. The Morgan fingerprint density at radius 1 is 1.12 bits per heavy atom. The highest BCUT2D eigenvalue weighted by atomic mass is 15.2. The van der Waals surface area contributed by atoms with E-state index in [9.17, 15) is 0 Å². The van der Waals surface area contributed by atoms with Gasteiger partial charge in [0.2, 0.25) is 0 Å². The minimum absolute atomic E-state index is 0.639. The monoisotopic (exact) mass is 231 g/mol. The second kappa shape index (κ2) is 4.55. The average Bonchev–Trinajstić information content (AvgIpc) is 2.38. The lowest BCUT2D eigenvalue weighted by molar-refractivity contribution is 0.243. The van der Waals surface area contributed by atoms with Gasteiger partial charge in [-0.3, -0.25) is 0 Å². The van der Waals surface area contributed by atoms with Gasteiger partial charge in [-0.25, -0.2) is 4.98 Å². The second-order valence-electron chi connectivity index (χ2n) is 5.37. The summed E-state index contributed by atoms with van der Waals surface area (Å²) >= 11 is 0. The number of hydrogen-bond donors (Lipinski definition) is 1. The second-order valence-corrected chi connectivity index (χ2v) is 5.37. The van der Waals surface area contributed by atoms with Crippen LogP contribution in [0.2, 0.25) is 0 Å². The first-order valence-electron chi connectivity index (χ1n) is 6.84. The Hall–Kier alpha value is -1.25. The standard InChI is InChI=1S/C14H21N3/c15-13-8-3-9-14(16-13)17-10-4-6-11-5-1-2-7-12(11)17/h3,8-9,11-12H,1-2,4-7,10H2,(H2,15,16). The molecule has 1 aromatic rings. The van der Waals surface area contributed by atoms with Crippen LogP contribution in [-0.4, -0.2) is 17.6 Å². The summed E-state index contributed by atoms with van der Waals surface area (Å²) in [7, 11) is 0. The number of piperidine rings is 1. The molecule has 3 nitrogen and oxygen atoms in total. The Bertz CT molecular complexity index is 389. The van der Waals surface area contributed by atoms with E-state index in [0.717, 1.165) is 18.3 Å². The largest absolute Gasteiger partial charge is 0.384 e. The fourth-order valence-electron chi connectivity index (χ4n) is 3.51. The average molecular weight is 231 g/mol. The first-order chi connectivity index (χ1) is 8.34. The van der Waals surface area contributed by atoms with E-state index in [4.69, 9.17) is 5.73 Å². The Balaban J connectivity index is 1.85. The number of anilines is 2. The molecule has 2 atom stereocenters. The molecule has 2 aliphatic rings. The van der Waals surface area contributed by atoms with Crippen molar-refractivity contribution in [3.05, 3.63) is 18.2 Å². The third-order valence-electron chi connectivity index (χ3n) is 4.29. The Morgan fingerprint density at radius 2 is 1.94 bits per heavy atom. The predicted molar refractivity (Wildman–Crippen MR) is 71.0 cm³/mol. The van der Waals surface area contributed by atoms with E-state index in [1.165, 1.54) is 38.5 Å². The molecule has 2 fully saturated rings. The zero-order valence-electron chi connectivity index (χ0n) is 10.3. The molecule has 1 aliphatic carbocycles. The molecule has 3 rings (SSSR count). The summed E-state index contributed by atoms with van der Waals surface area (Å²) in [6.07, 6.45) is 8.24. The normalized spacial score (nSPS) is 28.8. The molecule has 0 aromatic carbocycles. The number of hydrogen-bond acceptors (Lipinski definition) is 3. The maximum atomic E-state index is 5.80. The molecule has 2 unspecified atom stereocenters. The topological polar surface area (TPSA) is 42.1 Å². The molecule has 1 aliphatic heterocycles. The molecule has 0 bridgehead atoms. The van der Waals surface area contributed by atoms with Crippen LogP contribution >= 0.6 is 0 Å². The minimum Gasteiger partial charge on any atom is -0.384 e. The smallest absolute Gasteiger partial charge is 0.131 e. The van der Waals surface area contributed by atoms with Gasteiger partial charge in [0, 0.05) is 12.6 Å². The van der Waals surface area contributed by atoms with Crippen LogP contribution in [0.15, 0.2) is 18.2 Å². The molecular formula is C14H21N3. The fraction of sp³-hybridized carbons (Fsp3) is 0.643. The predicted octanol–water partition coefficient (Wildman–Crippen LogP) is 2.82. The van der Waals surface area contributed by atoms with Crippen LogP contribution in [0.25, 0.3) is 0 Å². The Morgan fingerprint density at radius 3 is 2.82 bits per heavy atom. The van der Waals surface area contributed by atoms with E-state index in [1.54, 1.807) is 0 Å². The summed E-state index contributed by atoms with van der Waals surface area (Å²) in [6.45, 7) is 1.15. The van der Waals surface area contributed by atoms with Crippen LogP contribution in [0, 0.1) is 5.92 Å². The Kier molecular flexibility index (Phi) is 2.91. The number of rotatable bonds is 1. The highest BCUT2D eigenvalue weighted by Crippen LogP contribution is 2.37. The molecule has 1 saturated carbocycles. The van der Waals surface area contributed by atoms with Crippen molar-refractivity contribution in [1.82, 2.24) is 4.98 Å². The lowest BCUT2D eigenvalue weighted by atomic mass is 9.78. The molecule has 2 N–H and O–H groups in total. The lowest BCUT2D eigenvalue weighted by Gasteiger charge is -2.44. The van der Waals surface area contributed by atoms with E-state index in [2.05, 4.69) is 16.0 Å². The van der Waals surface area contributed by atoms with Gasteiger partial charge in [0.05, 0.1) is 0 Å². The first-order valence-corrected chi connectivity index (χ1v) is 6.84. The van der Waals surface area contributed by atoms with Gasteiger partial charge < -0.3 is 10.6 Å². The van der Waals surface area contributed by atoms with Crippen LogP contribution in [0.3, 0.4) is 0 Å². The van der Waals surface area contributed by atoms with Gasteiger partial charge in [0.25, 0.3) is 0 Å². The molecule has 0 spiro atoms. The number of fused-ring (bicyclic) bond motifs is 1. The van der Waals surface area contributed by atoms with Crippen molar-refractivity contribution in [2.45, 2.75) is 44.6 Å². The molecule has 0 radical (unpaired) electrons. The summed E-state index contributed by atoms with van der Waals surface area (Å²) in [5.74, 6) is 2.61. The van der Waals surface area contributed by atoms with E-state index in [1.807, 2.05) is 12.1 Å². The molecular weight excluding hydrogens is 210 g/mol. The van der Waals surface area contributed by atoms with Crippen molar-refractivity contribution in [2.75, 3.05) is 17.2 Å². The van der Waals surface area contributed by atoms with Gasteiger partial charge >= 0.3 is 0 Å². The zero-order chi connectivity index (χ0) is 11.7. The maximum absolute atomic E-state index is 5.80. The highest BCUT2D eigenvalue weighted by Gasteiger charge is 2.33. The van der Waals surface area contributed by atoms with Crippen molar-refractivity contribution in [3.8, 4) is 0 Å². The van der Waals surface area contributed by atoms with Crippen molar-refractivity contribution in [2.24, 2.45) is 5.92 Å². The number of nitrogen functional groups attached to an aromatic ring is 1. The summed E-state index contributed by atoms with van der Waals surface area (Å²) < 4.78 is 0. The number of nitrogens with two attached hydrogens (primary N) is 1. The zero-order valence-corrected chi connectivity index (χ0v) is 10.3. The Labute approximate surface area is 103 Å². The highest BCUT2D eigenvalue weighted by molar-refractivity contribution is 5.46. The third-order valence-corrected chi connectivity index (χ3v) is 4.29. The van der Waals surface area contributed by atoms with Gasteiger partial charge in [-0.05, 0) is 43.7 Å². The van der Waals surface area contributed by atoms with Gasteiger partial charge in [0.15, 0.2) is 0 Å². The number of aromatic nitrogens is 1. The molecule has 1 aromatic heterocycles. The number of nitrogens with zero attached hydrogens (tertiary/aromatic N) is 2. The van der Waals surface area contributed by atoms with Crippen molar-refractivity contribution in [3.63, 3.8) is 0 Å². The maximum Gasteiger partial charge on any atom is 0.131 e. The van der Waals surface area contributed by atoms with E-state index >= 15 is 0 Å². The van der Waals surface area contributed by atoms with Crippen LogP contribution in [-0.2, 0) is 0 Å². The summed E-state index contributed by atoms with van der Waals surface area (Å²) in [4.78, 5) is 7.00. The van der Waals surface area contributed by atoms with Gasteiger partial charge in [-0.2, -0.15) is 0 Å². The molecule has 3 heteroatoms. The van der Waals surface area contributed by atoms with Crippen molar-refractivity contribution >= 4 is 11.6 Å². The summed E-state index contributed by atoms with van der Waals surface area (Å²) in [5.41, 5.74) is 5.80. The first kappa shape index (κ1) is 10.9. The van der Waals surface area contributed by atoms with E-state index in [-0.39, 0.29) is 0 Å². The van der Waals surface area contributed by atoms with Crippen LogP contribution in [0.1, 0.15) is 38.5 Å². The van der Waals surface area contributed by atoms with Crippen molar-refractivity contribution in [1.29, 1.82) is 0 Å². The molecule has 92 valence electrons. The van der Waals surface area contributed by atoms with E-state index < -0.39 is 0 Å². The SMILES string of the molecule is Nc1cccc(N2CCCC3CCCCC32)n1. The third kappa shape index (κ3) is 2.11. The van der Waals surface area contributed by atoms with Crippen molar-refractivity contribution < 1.29 is 0 Å². The molecule has 0 amide bonds. The molecule has 1 saturated heterocycles. The molecule has 2 heterocycles. The van der Waals surface area contributed by atoms with Gasteiger partial charge in [0.1, 0.15) is 11.6 Å². The quantitative estimate of drug-likeness (QED) is 0.808. The number of pyridine rings is 1. The summed E-state index contributed by atoms with van der Waals surface area (Å²) in [5, 5.41) is 0. The minimum atomic E-state index is 0.639. The molecule has 17 heavy (non-hydrogen) atoms. The van der Waals surface area contributed by atoms with Crippen LogP contribution in [0.4, 0.5) is 11.6 Å². The van der Waals surface area contributed by atoms with E-state index in [0.29, 0.717) is 11.9 Å². The van der Waals surface area contributed by atoms with Crippen LogP contribution < -0.4 is 10.6 Å². The fourth-order valence-corrected chi connectivity index (χ4v) is 3.51. The van der Waals surface area contributed by atoms with Crippen LogP contribution in [0.5, 0.6) is 0 Å². The van der Waals surface area contributed by atoms with Gasteiger partial charge in [-0.1, -0.05) is 18.9 Å².